The summed E-state index contributed by atoms with van der Waals surface area (Å²) in [5.41, 5.74) is 5.10. The molecule has 6 aromatic rings. The number of hydrogen-bond acceptors (Lipinski definition) is 5. The van der Waals surface area contributed by atoms with Crippen molar-refractivity contribution < 1.29 is 4.74 Å². The lowest BCUT2D eigenvalue weighted by atomic mass is 9.99. The van der Waals surface area contributed by atoms with Gasteiger partial charge in [-0.1, -0.05) is 58.4 Å². The number of rotatable bonds is 3. The van der Waals surface area contributed by atoms with E-state index in [1.54, 1.807) is 13.2 Å². The van der Waals surface area contributed by atoms with Crippen LogP contribution in [0, 0.1) is 0 Å². The molecule has 3 heterocycles. The average Bonchev–Trinajstić information content (AvgIpc) is 2.89. The molecular weight excluding hydrogens is 492 g/mol. The first kappa shape index (κ1) is 20.5. The van der Waals surface area contributed by atoms with E-state index in [0.717, 1.165) is 32.6 Å². The highest BCUT2D eigenvalue weighted by atomic mass is 79.9. The van der Waals surface area contributed by atoms with Gasteiger partial charge in [0, 0.05) is 10.0 Å². The smallest absolute Gasteiger partial charge is 0.267 e. The highest BCUT2D eigenvalue weighted by molar-refractivity contribution is 9.10. The van der Waals surface area contributed by atoms with Crippen molar-refractivity contribution in [1.82, 2.24) is 19.4 Å². The van der Waals surface area contributed by atoms with E-state index in [1.807, 2.05) is 72.8 Å². The number of benzene rings is 3. The third-order valence-corrected chi connectivity index (χ3v) is 6.35. The standard InChI is InChI=1S/C27H17BrN4O2/c1-34-19-10-7-16(8-11-19)20-14-23(17-5-3-2-4-6-17)30-25-24(20)26-31-22-12-9-18(28)13-21(22)27(33)32(26)15-29-25/h2-15H,1H3. The average molecular weight is 509 g/mol. The summed E-state index contributed by atoms with van der Waals surface area (Å²) < 4.78 is 7.66. The Morgan fingerprint density at radius 1 is 0.882 bits per heavy atom. The van der Waals surface area contributed by atoms with Gasteiger partial charge in [-0.25, -0.2) is 19.4 Å². The Bertz CT molecular complexity index is 1760. The molecule has 0 aliphatic heterocycles. The van der Waals surface area contributed by atoms with Gasteiger partial charge in [-0.05, 0) is 47.5 Å². The van der Waals surface area contributed by atoms with Crippen LogP contribution in [-0.2, 0) is 0 Å². The molecule has 0 N–H and O–H groups in total. The molecule has 0 radical (unpaired) electrons. The maximum atomic E-state index is 13.3. The van der Waals surface area contributed by atoms with Gasteiger partial charge in [-0.15, -0.1) is 0 Å². The van der Waals surface area contributed by atoms with Crippen molar-refractivity contribution in [1.29, 1.82) is 0 Å². The molecule has 0 fully saturated rings. The van der Waals surface area contributed by atoms with Crippen molar-refractivity contribution in [3.8, 4) is 28.1 Å². The molecule has 3 aromatic carbocycles. The van der Waals surface area contributed by atoms with Gasteiger partial charge in [0.05, 0.1) is 29.1 Å². The van der Waals surface area contributed by atoms with Crippen LogP contribution in [0.4, 0.5) is 0 Å². The van der Waals surface area contributed by atoms with E-state index in [-0.39, 0.29) is 5.56 Å². The lowest BCUT2D eigenvalue weighted by Crippen LogP contribution is -2.16. The van der Waals surface area contributed by atoms with Crippen molar-refractivity contribution in [2.24, 2.45) is 0 Å². The third-order valence-electron chi connectivity index (χ3n) is 5.85. The Hall–Kier alpha value is -4.10. The maximum Gasteiger partial charge on any atom is 0.267 e. The van der Waals surface area contributed by atoms with Crippen LogP contribution in [0.2, 0.25) is 0 Å². The monoisotopic (exact) mass is 508 g/mol. The Kier molecular flexibility index (Phi) is 4.85. The van der Waals surface area contributed by atoms with Gasteiger partial charge in [0.15, 0.2) is 11.3 Å². The van der Waals surface area contributed by atoms with Crippen molar-refractivity contribution in [2.75, 3.05) is 7.11 Å². The van der Waals surface area contributed by atoms with Crippen LogP contribution in [0.1, 0.15) is 0 Å². The normalized spacial score (nSPS) is 11.4. The summed E-state index contributed by atoms with van der Waals surface area (Å²) in [7, 11) is 1.64. The minimum Gasteiger partial charge on any atom is -0.497 e. The van der Waals surface area contributed by atoms with E-state index < -0.39 is 0 Å². The topological polar surface area (TPSA) is 69.4 Å². The summed E-state index contributed by atoms with van der Waals surface area (Å²) >= 11 is 3.44. The highest BCUT2D eigenvalue weighted by Crippen LogP contribution is 2.34. The largest absolute Gasteiger partial charge is 0.497 e. The van der Waals surface area contributed by atoms with Crippen LogP contribution in [0.25, 0.3) is 50.0 Å². The Morgan fingerprint density at radius 2 is 1.68 bits per heavy atom. The number of hydrogen-bond donors (Lipinski definition) is 0. The zero-order valence-corrected chi connectivity index (χ0v) is 19.7. The fourth-order valence-electron chi connectivity index (χ4n) is 4.17. The number of nitrogens with zero attached hydrogens (tertiary/aromatic N) is 4. The van der Waals surface area contributed by atoms with Crippen LogP contribution >= 0.6 is 15.9 Å². The predicted octanol–water partition coefficient (Wildman–Crippen LogP) is 5.90. The van der Waals surface area contributed by atoms with Crippen LogP contribution < -0.4 is 10.3 Å². The van der Waals surface area contributed by atoms with E-state index in [4.69, 9.17) is 14.7 Å². The Labute approximate surface area is 202 Å². The SMILES string of the molecule is COc1ccc(-c2cc(-c3ccccc3)nc3ncn4c(=O)c5cc(Br)ccc5nc4c23)cc1. The van der Waals surface area contributed by atoms with Gasteiger partial charge in [0.25, 0.3) is 5.56 Å². The number of methoxy groups -OCH3 is 1. The fraction of sp³-hybridized carbons (Fsp3) is 0.0370. The molecule has 0 spiro atoms. The molecule has 0 saturated heterocycles. The van der Waals surface area contributed by atoms with Crippen LogP contribution in [0.15, 0.2) is 94.5 Å². The predicted molar refractivity (Wildman–Crippen MR) is 137 cm³/mol. The van der Waals surface area contributed by atoms with E-state index in [0.29, 0.717) is 27.6 Å². The van der Waals surface area contributed by atoms with Crippen LogP contribution in [-0.4, -0.2) is 26.5 Å². The van der Waals surface area contributed by atoms with E-state index in [9.17, 15) is 4.79 Å². The zero-order chi connectivity index (χ0) is 23.2. The van der Waals surface area contributed by atoms with Crippen molar-refractivity contribution in [2.45, 2.75) is 0 Å². The minimum absolute atomic E-state index is 0.177. The molecular formula is C27H17BrN4O2. The first-order valence-corrected chi connectivity index (χ1v) is 11.4. The molecule has 0 saturated carbocycles. The van der Waals surface area contributed by atoms with E-state index in [1.165, 1.54) is 10.7 Å². The van der Waals surface area contributed by atoms with Gasteiger partial charge in [-0.3, -0.25) is 4.79 Å². The highest BCUT2D eigenvalue weighted by Gasteiger charge is 2.17. The van der Waals surface area contributed by atoms with Gasteiger partial charge >= 0.3 is 0 Å². The van der Waals surface area contributed by atoms with Gasteiger partial charge < -0.3 is 4.74 Å². The molecule has 6 rings (SSSR count). The summed E-state index contributed by atoms with van der Waals surface area (Å²) in [6.45, 7) is 0. The molecule has 0 atom stereocenters. The van der Waals surface area contributed by atoms with Crippen molar-refractivity contribution in [3.63, 3.8) is 0 Å². The molecule has 0 unspecified atom stereocenters. The first-order valence-electron chi connectivity index (χ1n) is 10.6. The van der Waals surface area contributed by atoms with Gasteiger partial charge in [0.2, 0.25) is 0 Å². The second kappa shape index (κ2) is 8.04. The molecule has 164 valence electrons. The Morgan fingerprint density at radius 3 is 2.44 bits per heavy atom. The third kappa shape index (κ3) is 3.33. The number of ether oxygens (including phenoxy) is 1. The van der Waals surface area contributed by atoms with Crippen molar-refractivity contribution in [3.05, 3.63) is 100 Å². The van der Waals surface area contributed by atoms with Gasteiger partial charge in [-0.2, -0.15) is 0 Å². The molecule has 7 heteroatoms. The molecule has 0 bridgehead atoms. The molecule has 34 heavy (non-hydrogen) atoms. The number of halogens is 1. The molecule has 0 aliphatic carbocycles. The molecule has 0 aliphatic rings. The first-order chi connectivity index (χ1) is 16.6. The van der Waals surface area contributed by atoms with Crippen LogP contribution in [0.5, 0.6) is 5.75 Å². The van der Waals surface area contributed by atoms with E-state index >= 15 is 0 Å². The van der Waals surface area contributed by atoms with E-state index in [2.05, 4.69) is 20.9 Å². The second-order valence-corrected chi connectivity index (χ2v) is 8.78. The number of pyridine rings is 1. The number of fused-ring (bicyclic) bond motifs is 4. The lowest BCUT2D eigenvalue weighted by molar-refractivity contribution is 0.415. The maximum absolute atomic E-state index is 13.3. The summed E-state index contributed by atoms with van der Waals surface area (Å²) in [5.74, 6) is 0.763. The summed E-state index contributed by atoms with van der Waals surface area (Å²) in [6.07, 6.45) is 1.51. The summed E-state index contributed by atoms with van der Waals surface area (Å²) in [4.78, 5) is 27.6. The summed E-state index contributed by atoms with van der Waals surface area (Å²) in [6, 6.07) is 25.3. The minimum atomic E-state index is -0.177. The van der Waals surface area contributed by atoms with Crippen molar-refractivity contribution >= 4 is 43.5 Å². The van der Waals surface area contributed by atoms with Gasteiger partial charge in [0.1, 0.15) is 12.1 Å². The van der Waals surface area contributed by atoms with Crippen LogP contribution in [0.3, 0.4) is 0 Å². The number of aromatic nitrogens is 4. The molecule has 6 nitrogen and oxygen atoms in total. The molecule has 3 aromatic heterocycles. The summed E-state index contributed by atoms with van der Waals surface area (Å²) in [5, 5.41) is 1.24. The fourth-order valence-corrected chi connectivity index (χ4v) is 4.53. The Balaban J connectivity index is 1.75. The molecule has 0 amide bonds. The zero-order valence-electron chi connectivity index (χ0n) is 18.1. The second-order valence-electron chi connectivity index (χ2n) is 7.86. The quantitative estimate of drug-likeness (QED) is 0.220. The lowest BCUT2D eigenvalue weighted by Gasteiger charge is -2.13.